The number of carboxylic acids is 1. The number of nitrogens with zero attached hydrogens (tertiary/aromatic N) is 7. The Morgan fingerprint density at radius 2 is 1.61 bits per heavy atom. The summed E-state index contributed by atoms with van der Waals surface area (Å²) in [6.45, 7) is -4.26. The fraction of sp³-hybridized carbons (Fsp3) is 0.377. The summed E-state index contributed by atoms with van der Waals surface area (Å²) in [6, 6.07) is 9.50. The summed E-state index contributed by atoms with van der Waals surface area (Å²) < 4.78 is 219. The second-order valence-electron chi connectivity index (χ2n) is 20.9. The number of sulfone groups is 1. The molecule has 0 unspecified atom stereocenters. The molecule has 2 aliphatic rings. The molecule has 6 aromatic rings. The number of amides is 3. The molecule has 3 amide bonds. The molecular weight excluding hydrogens is 1290 g/mol. The van der Waals surface area contributed by atoms with Crippen LogP contribution < -0.4 is 5.32 Å². The van der Waals surface area contributed by atoms with E-state index in [-0.39, 0.29) is 43.4 Å². The SMILES string of the molecule is CC(C)(C#Cc1ccc(-c2ccc(Cl)c3c(CN(C(=O)CCCN(C(=O)OCOP(=O)(O)O)[C@H](C(=O)O)c4ccccc4)[SH](=O)=O)nn(CC(F)(F)F)c23)c([C@H](Cc2cc(F)cc(F)c2)NC(=O)Cn2nc(C(F)(F)F)c3c2C(F)(F)[C@@H]2C[C@H]32)n1)S(C)(=O)=O. The zero-order valence-electron chi connectivity index (χ0n) is 46.0. The maximum atomic E-state index is 15.7. The normalized spacial score (nSPS) is 16.2. The molecule has 2 aliphatic carbocycles. The average Bonchev–Trinajstić information content (AvgIpc) is 1.52. The summed E-state index contributed by atoms with van der Waals surface area (Å²) in [5, 5.41) is 19.1. The number of fused-ring (bicyclic) bond motifs is 4. The number of phosphoric ester groups is 1. The molecule has 89 heavy (non-hydrogen) atoms. The van der Waals surface area contributed by atoms with Gasteiger partial charge < -0.3 is 24.9 Å². The number of benzene rings is 3. The van der Waals surface area contributed by atoms with Gasteiger partial charge in [-0.15, -0.1) is 0 Å². The Balaban J connectivity index is 1.23. The minimum Gasteiger partial charge on any atom is -0.479 e. The third-order valence-electron chi connectivity index (χ3n) is 14.3. The molecule has 8 rings (SSSR count). The molecule has 36 heteroatoms. The fourth-order valence-electron chi connectivity index (χ4n) is 10.0. The molecule has 3 aromatic heterocycles. The van der Waals surface area contributed by atoms with E-state index in [1.54, 1.807) is 0 Å². The van der Waals surface area contributed by atoms with Gasteiger partial charge in [-0.2, -0.15) is 45.3 Å². The Labute approximate surface area is 504 Å². The fourth-order valence-corrected chi connectivity index (χ4v) is 11.2. The number of hydrogen-bond acceptors (Lipinski definition) is 14. The van der Waals surface area contributed by atoms with Gasteiger partial charge in [-0.05, 0) is 86.4 Å². The first kappa shape index (κ1) is 67.3. The van der Waals surface area contributed by atoms with Crippen molar-refractivity contribution in [2.75, 3.05) is 19.6 Å². The molecule has 3 aromatic carbocycles. The van der Waals surface area contributed by atoms with Crippen LogP contribution in [0.5, 0.6) is 0 Å². The Morgan fingerprint density at radius 1 is 0.955 bits per heavy atom. The molecule has 0 radical (unpaired) electrons. The highest BCUT2D eigenvalue weighted by Gasteiger charge is 2.68. The highest BCUT2D eigenvalue weighted by molar-refractivity contribution is 7.92. The van der Waals surface area contributed by atoms with Crippen molar-refractivity contribution in [3.8, 4) is 23.0 Å². The van der Waals surface area contributed by atoms with Crippen molar-refractivity contribution in [3.63, 3.8) is 0 Å². The smallest absolute Gasteiger partial charge is 0.472 e. The van der Waals surface area contributed by atoms with Gasteiger partial charge >= 0.3 is 32.2 Å². The number of aromatic nitrogens is 5. The first-order chi connectivity index (χ1) is 41.3. The summed E-state index contributed by atoms with van der Waals surface area (Å²) in [5.74, 6) is -8.35. The largest absolute Gasteiger partial charge is 0.479 e. The number of hydrogen-bond donors (Lipinski definition) is 5. The van der Waals surface area contributed by atoms with Crippen LogP contribution in [0.25, 0.3) is 22.0 Å². The molecule has 22 nitrogen and oxygen atoms in total. The topological polar surface area (TPSA) is 300 Å². The van der Waals surface area contributed by atoms with Crippen LogP contribution in [0, 0.1) is 29.4 Å². The number of aliphatic carboxylic acids is 1. The minimum absolute atomic E-state index is 0.0471. The molecule has 0 aliphatic heterocycles. The first-order valence-electron chi connectivity index (χ1n) is 25.9. The van der Waals surface area contributed by atoms with E-state index < -0.39 is 208 Å². The van der Waals surface area contributed by atoms with Gasteiger partial charge in [0.1, 0.15) is 40.9 Å². The van der Waals surface area contributed by atoms with E-state index >= 15 is 8.78 Å². The van der Waals surface area contributed by atoms with E-state index in [0.717, 1.165) is 42.7 Å². The average molecular weight is 1340 g/mol. The lowest BCUT2D eigenvalue weighted by molar-refractivity contribution is -0.144. The number of thiol groups is 1. The molecule has 0 bridgehead atoms. The lowest BCUT2D eigenvalue weighted by Crippen LogP contribution is -2.40. The number of ether oxygens (including phenoxy) is 1. The minimum atomic E-state index is -5.27. The van der Waals surface area contributed by atoms with E-state index in [0.29, 0.717) is 15.6 Å². The van der Waals surface area contributed by atoms with Crippen LogP contribution >= 0.6 is 19.4 Å². The second-order valence-corrected chi connectivity index (χ2v) is 26.1. The molecule has 1 fully saturated rings. The van der Waals surface area contributed by atoms with Gasteiger partial charge in [0.05, 0.1) is 34.5 Å². The predicted molar refractivity (Wildman–Crippen MR) is 291 cm³/mol. The number of nitrogens with one attached hydrogen (secondary N) is 1. The van der Waals surface area contributed by atoms with Crippen LogP contribution in [0.1, 0.15) is 96.3 Å². The molecule has 3 heterocycles. The van der Waals surface area contributed by atoms with Crippen molar-refractivity contribution in [2.24, 2.45) is 5.92 Å². The van der Waals surface area contributed by atoms with Crippen molar-refractivity contribution in [1.29, 1.82) is 0 Å². The quantitative estimate of drug-likeness (QED) is 0.0140. The summed E-state index contributed by atoms with van der Waals surface area (Å²) >= 11 is 6.72. The van der Waals surface area contributed by atoms with E-state index in [1.165, 1.54) is 44.2 Å². The summed E-state index contributed by atoms with van der Waals surface area (Å²) in [6.07, 6.45) is -13.7. The maximum absolute atomic E-state index is 15.7. The molecule has 4 N–H and O–H groups in total. The van der Waals surface area contributed by atoms with Crippen LogP contribution in [0.15, 0.2) is 72.8 Å². The van der Waals surface area contributed by atoms with Gasteiger partial charge in [-0.1, -0.05) is 53.9 Å². The van der Waals surface area contributed by atoms with Gasteiger partial charge in [0, 0.05) is 53.3 Å². The van der Waals surface area contributed by atoms with Gasteiger partial charge in [0.25, 0.3) is 5.92 Å². The first-order valence-corrected chi connectivity index (χ1v) is 30.8. The van der Waals surface area contributed by atoms with Crippen molar-refractivity contribution >= 4 is 74.9 Å². The number of halogens is 11. The molecule has 0 saturated heterocycles. The second kappa shape index (κ2) is 25.3. The molecule has 0 spiro atoms. The molecule has 478 valence electrons. The zero-order chi connectivity index (χ0) is 65.7. The Morgan fingerprint density at radius 3 is 2.20 bits per heavy atom. The van der Waals surface area contributed by atoms with Gasteiger partial charge in [-0.3, -0.25) is 23.9 Å². The lowest BCUT2D eigenvalue weighted by Gasteiger charge is -2.28. The Kier molecular flexibility index (Phi) is 19.1. The van der Waals surface area contributed by atoms with Crippen molar-refractivity contribution in [3.05, 3.63) is 135 Å². The number of carboxylic acid groups (broad SMARTS) is 1. The third kappa shape index (κ3) is 15.3. The predicted octanol–water partition coefficient (Wildman–Crippen LogP) is 8.26. The summed E-state index contributed by atoms with van der Waals surface area (Å²) in [5.41, 5.74) is -6.83. The standard InChI is InChI=1S/C53H48ClF10N8O14PS2/c1-50(2,89(3,83)84)16-15-31-11-12-32(43(65-31)37(20-27-18-29(55)21-30(56)19-27)66-39(73)24-70-47-41(46(68-70)53(62,63)64)34-22-35(34)52(47,60)61)33-13-14-36(54)42-38(67-71(45(33)42)25-51(57,58)59)23-72(88(81)82)40(74)10-7-17-69(49(77)85-26-86-87(78,79)80)44(48(75)76)28-8-5-4-6-9-28/h4-6,8-9,11-14,18-19,21,34-35,37,44,88H,7,10,17,20,22-26H2,1-3H3,(H,66,73)(H,75,76)(H2,78,79,80)/t34-,35+,37-,44-/m0/s1. The van der Waals surface area contributed by atoms with Crippen LogP contribution in [-0.4, -0.2) is 120 Å². The summed E-state index contributed by atoms with van der Waals surface area (Å²) in [7, 11) is -13.3. The van der Waals surface area contributed by atoms with Crippen molar-refractivity contribution in [1.82, 2.24) is 39.1 Å². The zero-order valence-corrected chi connectivity index (χ0v) is 49.4. The number of carbonyl (C=O) groups excluding carboxylic acids is 3. The summed E-state index contributed by atoms with van der Waals surface area (Å²) in [4.78, 5) is 77.2. The van der Waals surface area contributed by atoms with Crippen LogP contribution in [0.2, 0.25) is 5.02 Å². The van der Waals surface area contributed by atoms with E-state index in [1.807, 2.05) is 0 Å². The maximum Gasteiger partial charge on any atom is 0.472 e. The lowest BCUT2D eigenvalue weighted by atomic mass is 9.93. The number of alkyl halides is 8. The van der Waals surface area contributed by atoms with E-state index in [4.69, 9.17) is 26.1 Å². The van der Waals surface area contributed by atoms with Crippen LogP contribution in [-0.2, 0) is 87.1 Å². The molecular formula is C53H48ClF10N8O14PS2. The number of rotatable bonds is 22. The van der Waals surface area contributed by atoms with Crippen molar-refractivity contribution < 1.29 is 109 Å². The van der Waals surface area contributed by atoms with Crippen LogP contribution in [0.3, 0.4) is 0 Å². The van der Waals surface area contributed by atoms with Gasteiger partial charge in [0.15, 0.2) is 21.6 Å². The van der Waals surface area contributed by atoms with Gasteiger partial charge in [-0.25, -0.2) is 53.6 Å². The highest BCUT2D eigenvalue weighted by Crippen LogP contribution is 2.68. The van der Waals surface area contributed by atoms with E-state index in [2.05, 4.69) is 36.9 Å². The number of carbonyl (C=O) groups is 4. The monoisotopic (exact) mass is 1340 g/mol. The van der Waals surface area contributed by atoms with Crippen molar-refractivity contribution in [2.45, 2.75) is 100 Å². The third-order valence-corrected chi connectivity index (χ3v) is 17.7. The Hall–Kier alpha value is -7.67. The Bertz CT molecular complexity index is 4090. The number of pyridine rings is 1. The molecule has 4 atom stereocenters. The van der Waals surface area contributed by atoms with Gasteiger partial charge in [0.2, 0.25) is 29.5 Å². The van der Waals surface area contributed by atoms with E-state index in [9.17, 15) is 80.8 Å². The molecule has 1 saturated carbocycles. The van der Waals surface area contributed by atoms with Crippen LogP contribution in [0.4, 0.5) is 48.7 Å². The highest BCUT2D eigenvalue weighted by atomic mass is 35.5. The number of phosphoric acid groups is 1.